The molecule has 0 bridgehead atoms. The quantitative estimate of drug-likeness (QED) is 0.434. The van der Waals surface area contributed by atoms with E-state index in [1.54, 1.807) is 45.5 Å². The maximum Gasteiger partial charge on any atom is 0.279 e. The van der Waals surface area contributed by atoms with Crippen LogP contribution in [-0.4, -0.2) is 65.8 Å². The molecule has 8 heteroatoms. The predicted octanol–water partition coefficient (Wildman–Crippen LogP) is -1.01. The van der Waals surface area contributed by atoms with Gasteiger partial charge in [-0.15, -0.1) is 0 Å². The molecule has 3 rings (SSSR count). The summed E-state index contributed by atoms with van der Waals surface area (Å²) in [6.07, 6.45) is 0. The van der Waals surface area contributed by atoms with Gasteiger partial charge in [0, 0.05) is 23.9 Å². The van der Waals surface area contributed by atoms with Gasteiger partial charge in [-0.1, -0.05) is 0 Å². The van der Waals surface area contributed by atoms with Gasteiger partial charge in [0.05, 0.1) is 14.2 Å². The molecule has 0 atom stereocenters. The van der Waals surface area contributed by atoms with E-state index in [1.165, 1.54) is 15.4 Å². The molecule has 4 N–H and O–H groups in total. The smallest absolute Gasteiger partial charge is 0.279 e. The van der Waals surface area contributed by atoms with Crippen molar-refractivity contribution in [1.82, 2.24) is 5.32 Å². The van der Waals surface area contributed by atoms with Gasteiger partial charge in [-0.05, 0) is 42.5 Å². The van der Waals surface area contributed by atoms with Crippen LogP contribution in [0.2, 0.25) is 0 Å². The first-order chi connectivity index (χ1) is 15.0. The van der Waals surface area contributed by atoms with E-state index in [-0.39, 0.29) is 11.8 Å². The standard InChI is InChI=1S/C23H30N4O4/c1-24-23(29)18-5-7-19(8-6-18)25-22(28)16-27-12-10-26(11-13-27)15-17-4-9-20(30-2)21(14-17)31-3/h4-9,14H,10-13,15-16H2,1-3H3,(H,24,29)(H,25,28)/p+2. The van der Waals surface area contributed by atoms with Crippen LogP contribution >= 0.6 is 0 Å². The highest BCUT2D eigenvalue weighted by Gasteiger charge is 2.25. The number of carbonyl (C=O) groups excluding carboxylic acids is 2. The molecular formula is C23H32N4O4+2. The zero-order valence-electron chi connectivity index (χ0n) is 18.4. The molecule has 1 aliphatic rings. The van der Waals surface area contributed by atoms with Crippen LogP contribution in [0, 0.1) is 0 Å². The van der Waals surface area contributed by atoms with Crippen LogP contribution in [0.1, 0.15) is 15.9 Å². The first kappa shape index (κ1) is 22.6. The fourth-order valence-electron chi connectivity index (χ4n) is 3.87. The molecule has 1 heterocycles. The van der Waals surface area contributed by atoms with Gasteiger partial charge in [0.1, 0.15) is 32.7 Å². The Hall–Kier alpha value is -3.10. The van der Waals surface area contributed by atoms with Crippen LogP contribution in [0.15, 0.2) is 42.5 Å². The number of nitrogens with one attached hydrogen (secondary N) is 4. The topological polar surface area (TPSA) is 85.5 Å². The first-order valence-corrected chi connectivity index (χ1v) is 10.5. The summed E-state index contributed by atoms with van der Waals surface area (Å²) in [5, 5.41) is 5.51. The molecule has 1 aliphatic heterocycles. The minimum atomic E-state index is -0.143. The highest BCUT2D eigenvalue weighted by molar-refractivity contribution is 5.95. The molecule has 31 heavy (non-hydrogen) atoms. The second-order valence-corrected chi connectivity index (χ2v) is 7.75. The van der Waals surface area contributed by atoms with Crippen LogP contribution in [0.25, 0.3) is 0 Å². The Kier molecular flexibility index (Phi) is 7.86. The lowest BCUT2D eigenvalue weighted by Crippen LogP contribution is -3.28. The van der Waals surface area contributed by atoms with E-state index in [4.69, 9.17) is 9.47 Å². The highest BCUT2D eigenvalue weighted by atomic mass is 16.5. The number of methoxy groups -OCH3 is 2. The summed E-state index contributed by atoms with van der Waals surface area (Å²) in [5.74, 6) is 1.34. The molecule has 0 radical (unpaired) electrons. The maximum atomic E-state index is 12.4. The van der Waals surface area contributed by atoms with Crippen molar-refractivity contribution in [2.24, 2.45) is 0 Å². The number of carbonyl (C=O) groups is 2. The molecule has 166 valence electrons. The number of amides is 2. The third kappa shape index (κ3) is 6.19. The zero-order chi connectivity index (χ0) is 22.2. The summed E-state index contributed by atoms with van der Waals surface area (Å²) < 4.78 is 10.7. The van der Waals surface area contributed by atoms with Crippen LogP contribution < -0.4 is 29.9 Å². The SMILES string of the molecule is CNC(=O)c1ccc(NC(=O)C[NH+]2CC[NH+](Cc3ccc(OC)c(OC)c3)CC2)cc1. The van der Waals surface area contributed by atoms with Crippen LogP contribution in [0.4, 0.5) is 5.69 Å². The highest BCUT2D eigenvalue weighted by Crippen LogP contribution is 2.27. The molecule has 0 spiro atoms. The predicted molar refractivity (Wildman–Crippen MR) is 118 cm³/mol. The molecule has 0 aromatic heterocycles. The fourth-order valence-corrected chi connectivity index (χ4v) is 3.87. The second kappa shape index (κ2) is 10.8. The van der Waals surface area contributed by atoms with Crippen molar-refractivity contribution in [2.75, 3.05) is 59.3 Å². The summed E-state index contributed by atoms with van der Waals surface area (Å²) in [4.78, 5) is 26.8. The lowest BCUT2D eigenvalue weighted by molar-refractivity contribution is -1.02. The molecule has 2 aromatic carbocycles. The lowest BCUT2D eigenvalue weighted by Gasteiger charge is -2.29. The number of hydrogen-bond acceptors (Lipinski definition) is 4. The van der Waals surface area contributed by atoms with Crippen LogP contribution in [0.5, 0.6) is 11.5 Å². The van der Waals surface area contributed by atoms with Gasteiger partial charge in [0.2, 0.25) is 0 Å². The second-order valence-electron chi connectivity index (χ2n) is 7.75. The molecule has 1 fully saturated rings. The molecule has 0 unspecified atom stereocenters. The van der Waals surface area contributed by atoms with Crippen molar-refractivity contribution in [1.29, 1.82) is 0 Å². The van der Waals surface area contributed by atoms with Crippen molar-refractivity contribution in [3.8, 4) is 11.5 Å². The van der Waals surface area contributed by atoms with E-state index >= 15 is 0 Å². The Labute approximate surface area is 183 Å². The Morgan fingerprint density at radius 1 is 0.903 bits per heavy atom. The van der Waals surface area contributed by atoms with Crippen molar-refractivity contribution >= 4 is 17.5 Å². The molecule has 8 nitrogen and oxygen atoms in total. The Bertz CT molecular complexity index is 893. The van der Waals surface area contributed by atoms with Gasteiger partial charge in [0.15, 0.2) is 18.0 Å². The maximum absolute atomic E-state index is 12.4. The van der Waals surface area contributed by atoms with Gasteiger partial charge in [-0.2, -0.15) is 0 Å². The first-order valence-electron chi connectivity index (χ1n) is 10.5. The number of quaternary nitrogens is 2. The van der Waals surface area contributed by atoms with Crippen molar-refractivity contribution < 1.29 is 28.9 Å². The summed E-state index contributed by atoms with van der Waals surface area (Å²) in [6.45, 7) is 5.30. The monoisotopic (exact) mass is 428 g/mol. The van der Waals surface area contributed by atoms with Crippen LogP contribution in [0.3, 0.4) is 0 Å². The average molecular weight is 429 g/mol. The van der Waals surface area contributed by atoms with E-state index in [1.807, 2.05) is 12.1 Å². The van der Waals surface area contributed by atoms with Crippen LogP contribution in [-0.2, 0) is 11.3 Å². The third-order valence-electron chi connectivity index (χ3n) is 5.63. The van der Waals surface area contributed by atoms with E-state index in [2.05, 4.69) is 16.7 Å². The number of benzene rings is 2. The number of rotatable bonds is 8. The minimum absolute atomic E-state index is 0.00830. The lowest BCUT2D eigenvalue weighted by atomic mass is 10.1. The largest absolute Gasteiger partial charge is 0.493 e. The fraction of sp³-hybridized carbons (Fsp3) is 0.391. The van der Waals surface area contributed by atoms with Gasteiger partial charge in [-0.25, -0.2) is 0 Å². The molecule has 1 saturated heterocycles. The van der Waals surface area contributed by atoms with Gasteiger partial charge < -0.3 is 29.9 Å². The van der Waals surface area contributed by atoms with Crippen molar-refractivity contribution in [2.45, 2.75) is 6.54 Å². The molecule has 0 aliphatic carbocycles. The van der Waals surface area contributed by atoms with Crippen molar-refractivity contribution in [3.63, 3.8) is 0 Å². The van der Waals surface area contributed by atoms with Gasteiger partial charge in [0.25, 0.3) is 11.8 Å². The molecule has 2 amide bonds. The molecule has 2 aromatic rings. The van der Waals surface area contributed by atoms with Gasteiger partial charge >= 0.3 is 0 Å². The Balaban J connectivity index is 1.44. The summed E-state index contributed by atoms with van der Waals surface area (Å²) in [6, 6.07) is 13.0. The Morgan fingerprint density at radius 2 is 1.55 bits per heavy atom. The average Bonchev–Trinajstić information content (AvgIpc) is 2.80. The summed E-state index contributed by atoms with van der Waals surface area (Å²) in [5.41, 5.74) is 2.49. The van der Waals surface area contributed by atoms with Crippen molar-refractivity contribution in [3.05, 3.63) is 53.6 Å². The summed E-state index contributed by atoms with van der Waals surface area (Å²) >= 11 is 0. The third-order valence-corrected chi connectivity index (χ3v) is 5.63. The number of piperazine rings is 1. The zero-order valence-corrected chi connectivity index (χ0v) is 18.4. The summed E-state index contributed by atoms with van der Waals surface area (Å²) in [7, 11) is 4.88. The van der Waals surface area contributed by atoms with Gasteiger partial charge in [-0.3, -0.25) is 9.59 Å². The Morgan fingerprint density at radius 3 is 2.16 bits per heavy atom. The number of hydrogen-bond donors (Lipinski definition) is 4. The number of anilines is 1. The molecule has 0 saturated carbocycles. The minimum Gasteiger partial charge on any atom is -0.493 e. The van der Waals surface area contributed by atoms with E-state index in [9.17, 15) is 9.59 Å². The van der Waals surface area contributed by atoms with E-state index < -0.39 is 0 Å². The normalized spacial score (nSPS) is 18.2. The number of ether oxygens (including phenoxy) is 2. The van der Waals surface area contributed by atoms with E-state index in [0.717, 1.165) is 44.2 Å². The molecular weight excluding hydrogens is 396 g/mol. The van der Waals surface area contributed by atoms with E-state index in [0.29, 0.717) is 17.8 Å².